The van der Waals surface area contributed by atoms with Gasteiger partial charge in [-0.2, -0.15) is 0 Å². The molecule has 1 atom stereocenters. The number of amides is 1. The third kappa shape index (κ3) is 4.71. The minimum absolute atomic E-state index is 0.123. The molecule has 0 aliphatic heterocycles. The Hall–Kier alpha value is -2.55. The number of ether oxygens (including phenoxy) is 1. The number of nitrogens with one attached hydrogen (secondary N) is 1. The smallest absolute Gasteiger partial charge is 0.244 e. The highest BCUT2D eigenvalue weighted by Crippen LogP contribution is 2.26. The zero-order valence-corrected chi connectivity index (χ0v) is 14.1. The minimum Gasteiger partial charge on any atom is -0.496 e. The number of carbonyl (C=O) groups excluding carboxylic acids is 1. The molecule has 0 unspecified atom stereocenters. The third-order valence-electron chi connectivity index (χ3n) is 3.68. The van der Waals surface area contributed by atoms with Crippen molar-refractivity contribution in [2.24, 2.45) is 0 Å². The lowest BCUT2D eigenvalue weighted by atomic mass is 10.0. The Balaban J connectivity index is 2.06. The van der Waals surface area contributed by atoms with E-state index in [4.69, 9.17) is 4.74 Å². The molecule has 2 rings (SSSR count). The highest BCUT2D eigenvalue weighted by molar-refractivity contribution is 5.92. The normalized spacial score (nSPS) is 12.2. The highest BCUT2D eigenvalue weighted by atomic mass is 16.5. The maximum absolute atomic E-state index is 12.1. The Morgan fingerprint density at radius 2 is 1.87 bits per heavy atom. The molecule has 0 fully saturated rings. The van der Waals surface area contributed by atoms with E-state index in [0.717, 1.165) is 22.4 Å². The average Bonchev–Trinajstić information content (AvgIpc) is 2.53. The van der Waals surface area contributed by atoms with E-state index < -0.39 is 0 Å². The van der Waals surface area contributed by atoms with Gasteiger partial charge in [0.25, 0.3) is 0 Å². The van der Waals surface area contributed by atoms with Crippen molar-refractivity contribution in [1.82, 2.24) is 5.32 Å². The molecule has 2 aromatic carbocycles. The van der Waals surface area contributed by atoms with E-state index in [-0.39, 0.29) is 11.9 Å². The SMILES string of the molecule is COc1ccc(C)cc1[C@@H](C)NC(=O)/C=C/c1cccc(C)c1. The maximum atomic E-state index is 12.1. The molecule has 120 valence electrons. The second kappa shape index (κ2) is 7.63. The molecule has 23 heavy (non-hydrogen) atoms. The Bertz CT molecular complexity index is 719. The zero-order valence-electron chi connectivity index (χ0n) is 14.1. The Morgan fingerprint density at radius 3 is 2.57 bits per heavy atom. The van der Waals surface area contributed by atoms with Crippen molar-refractivity contribution < 1.29 is 9.53 Å². The Labute approximate surface area is 138 Å². The summed E-state index contributed by atoms with van der Waals surface area (Å²) >= 11 is 0. The van der Waals surface area contributed by atoms with Crippen LogP contribution in [0.2, 0.25) is 0 Å². The molecule has 0 radical (unpaired) electrons. The van der Waals surface area contributed by atoms with Gasteiger partial charge < -0.3 is 10.1 Å². The summed E-state index contributed by atoms with van der Waals surface area (Å²) in [6.07, 6.45) is 3.38. The van der Waals surface area contributed by atoms with E-state index in [0.29, 0.717) is 0 Å². The molecule has 0 saturated heterocycles. The summed E-state index contributed by atoms with van der Waals surface area (Å²) in [7, 11) is 1.64. The third-order valence-corrected chi connectivity index (χ3v) is 3.68. The molecule has 3 heteroatoms. The molecular formula is C20H23NO2. The Morgan fingerprint density at radius 1 is 1.13 bits per heavy atom. The van der Waals surface area contributed by atoms with E-state index in [1.807, 2.05) is 69.3 Å². The van der Waals surface area contributed by atoms with Gasteiger partial charge in [-0.25, -0.2) is 0 Å². The second-order valence-electron chi connectivity index (χ2n) is 5.72. The molecule has 0 saturated carbocycles. The molecule has 0 bridgehead atoms. The molecule has 1 amide bonds. The van der Waals surface area contributed by atoms with Crippen LogP contribution in [-0.2, 0) is 4.79 Å². The van der Waals surface area contributed by atoms with Gasteiger partial charge in [0.1, 0.15) is 5.75 Å². The monoisotopic (exact) mass is 309 g/mol. The largest absolute Gasteiger partial charge is 0.496 e. The summed E-state index contributed by atoms with van der Waals surface area (Å²) in [5, 5.41) is 2.98. The lowest BCUT2D eigenvalue weighted by Gasteiger charge is -2.17. The molecule has 0 spiro atoms. The van der Waals surface area contributed by atoms with Gasteiger partial charge in [0.15, 0.2) is 0 Å². The van der Waals surface area contributed by atoms with Crippen molar-refractivity contribution in [3.8, 4) is 5.75 Å². The van der Waals surface area contributed by atoms with Gasteiger partial charge >= 0.3 is 0 Å². The van der Waals surface area contributed by atoms with Crippen molar-refractivity contribution >= 4 is 12.0 Å². The summed E-state index contributed by atoms with van der Waals surface area (Å²) in [5.74, 6) is 0.661. The first-order valence-corrected chi connectivity index (χ1v) is 7.69. The minimum atomic E-state index is -0.125. The first kappa shape index (κ1) is 16.8. The first-order chi connectivity index (χ1) is 11.0. The van der Waals surface area contributed by atoms with E-state index in [9.17, 15) is 4.79 Å². The van der Waals surface area contributed by atoms with Gasteiger partial charge in [-0.15, -0.1) is 0 Å². The predicted octanol–water partition coefficient (Wildman–Crippen LogP) is 4.20. The molecule has 0 aliphatic carbocycles. The van der Waals surface area contributed by atoms with Crippen molar-refractivity contribution in [2.45, 2.75) is 26.8 Å². The topological polar surface area (TPSA) is 38.3 Å². The van der Waals surface area contributed by atoms with Crippen LogP contribution in [0.3, 0.4) is 0 Å². The lowest BCUT2D eigenvalue weighted by Crippen LogP contribution is -2.25. The lowest BCUT2D eigenvalue weighted by molar-refractivity contribution is -0.117. The number of benzene rings is 2. The van der Waals surface area contributed by atoms with Gasteiger partial charge in [-0.3, -0.25) is 4.79 Å². The molecule has 1 N–H and O–H groups in total. The predicted molar refractivity (Wildman–Crippen MR) is 94.5 cm³/mol. The van der Waals surface area contributed by atoms with Crippen molar-refractivity contribution in [3.63, 3.8) is 0 Å². The van der Waals surface area contributed by atoms with Crippen LogP contribution in [0.1, 0.15) is 35.2 Å². The summed E-state index contributed by atoms with van der Waals surface area (Å²) < 4.78 is 5.38. The fourth-order valence-corrected chi connectivity index (χ4v) is 2.48. The summed E-state index contributed by atoms with van der Waals surface area (Å²) in [6.45, 7) is 6.01. The van der Waals surface area contributed by atoms with Crippen LogP contribution in [0.25, 0.3) is 6.08 Å². The summed E-state index contributed by atoms with van der Waals surface area (Å²) in [4.78, 5) is 12.1. The van der Waals surface area contributed by atoms with Crippen LogP contribution < -0.4 is 10.1 Å². The first-order valence-electron chi connectivity index (χ1n) is 7.69. The second-order valence-corrected chi connectivity index (χ2v) is 5.72. The summed E-state index contributed by atoms with van der Waals surface area (Å²) in [6, 6.07) is 13.9. The maximum Gasteiger partial charge on any atom is 0.244 e. The Kier molecular flexibility index (Phi) is 5.58. The number of carbonyl (C=O) groups is 1. The zero-order chi connectivity index (χ0) is 16.8. The average molecular weight is 309 g/mol. The van der Waals surface area contributed by atoms with E-state index in [2.05, 4.69) is 5.32 Å². The van der Waals surface area contributed by atoms with E-state index in [1.165, 1.54) is 5.56 Å². The molecule has 2 aromatic rings. The van der Waals surface area contributed by atoms with Gasteiger partial charge in [-0.1, -0.05) is 47.5 Å². The number of hydrogen-bond acceptors (Lipinski definition) is 2. The molecule has 0 heterocycles. The van der Waals surface area contributed by atoms with Crippen LogP contribution in [0, 0.1) is 13.8 Å². The quantitative estimate of drug-likeness (QED) is 0.841. The molecular weight excluding hydrogens is 286 g/mol. The van der Waals surface area contributed by atoms with Gasteiger partial charge in [0.05, 0.1) is 13.2 Å². The number of aryl methyl sites for hydroxylation is 2. The van der Waals surface area contributed by atoms with Crippen molar-refractivity contribution in [1.29, 1.82) is 0 Å². The fourth-order valence-electron chi connectivity index (χ4n) is 2.48. The molecule has 3 nitrogen and oxygen atoms in total. The number of hydrogen-bond donors (Lipinski definition) is 1. The van der Waals surface area contributed by atoms with Crippen LogP contribution in [-0.4, -0.2) is 13.0 Å². The number of methoxy groups -OCH3 is 1. The molecule has 0 aromatic heterocycles. The molecule has 0 aliphatic rings. The summed E-state index contributed by atoms with van der Waals surface area (Å²) in [5.41, 5.74) is 4.30. The van der Waals surface area contributed by atoms with Crippen LogP contribution in [0.4, 0.5) is 0 Å². The van der Waals surface area contributed by atoms with Crippen LogP contribution >= 0.6 is 0 Å². The van der Waals surface area contributed by atoms with E-state index in [1.54, 1.807) is 13.2 Å². The van der Waals surface area contributed by atoms with E-state index >= 15 is 0 Å². The van der Waals surface area contributed by atoms with Crippen molar-refractivity contribution in [2.75, 3.05) is 7.11 Å². The van der Waals surface area contributed by atoms with Gasteiger partial charge in [0.2, 0.25) is 5.91 Å². The highest BCUT2D eigenvalue weighted by Gasteiger charge is 2.13. The van der Waals surface area contributed by atoms with Crippen molar-refractivity contribution in [3.05, 3.63) is 70.8 Å². The van der Waals surface area contributed by atoms with Crippen LogP contribution in [0.15, 0.2) is 48.5 Å². The fraction of sp³-hybridized carbons (Fsp3) is 0.250. The van der Waals surface area contributed by atoms with Gasteiger partial charge in [-0.05, 0) is 38.5 Å². The standard InChI is InChI=1S/C20H23NO2/c1-14-6-5-7-17(12-14)9-11-20(22)21-16(3)18-13-15(2)8-10-19(18)23-4/h5-13,16H,1-4H3,(H,21,22)/b11-9+/t16-/m1/s1. The van der Waals surface area contributed by atoms with Crippen LogP contribution in [0.5, 0.6) is 5.75 Å². The van der Waals surface area contributed by atoms with Gasteiger partial charge in [0, 0.05) is 11.6 Å². The number of rotatable bonds is 5.